The summed E-state index contributed by atoms with van der Waals surface area (Å²) in [5.74, 6) is 1.24. The van der Waals surface area contributed by atoms with Gasteiger partial charge in [-0.15, -0.1) is 0 Å². The molecule has 6 nitrogen and oxygen atoms in total. The van der Waals surface area contributed by atoms with Crippen LogP contribution in [0.3, 0.4) is 0 Å². The summed E-state index contributed by atoms with van der Waals surface area (Å²) in [6.45, 7) is 8.41. The number of nitrogens with zero attached hydrogens (tertiary/aromatic N) is 4. The van der Waals surface area contributed by atoms with Crippen LogP contribution in [0.25, 0.3) is 0 Å². The molecule has 0 bridgehead atoms. The van der Waals surface area contributed by atoms with Gasteiger partial charge in [0.15, 0.2) is 0 Å². The standard InChI is InChI=1S/C16H28N4O2/c1-3-15(13-21)19-9-11-20(12-10-19)16(22)5-4-7-18-8-6-17-14(18)2/h6,8,15,21H,3-5,7,9-13H2,1-2H3. The molecular weight excluding hydrogens is 280 g/mol. The zero-order chi connectivity index (χ0) is 15.9. The third-order valence-corrected chi connectivity index (χ3v) is 4.58. The van der Waals surface area contributed by atoms with Crippen LogP contribution in [0.4, 0.5) is 0 Å². The predicted molar refractivity (Wildman–Crippen MR) is 85.5 cm³/mol. The number of hydrogen-bond acceptors (Lipinski definition) is 4. The average molecular weight is 308 g/mol. The molecule has 1 aromatic heterocycles. The molecule has 0 aromatic carbocycles. The highest BCUT2D eigenvalue weighted by Gasteiger charge is 2.24. The smallest absolute Gasteiger partial charge is 0.222 e. The molecule has 2 rings (SSSR count). The van der Waals surface area contributed by atoms with E-state index in [1.807, 2.05) is 18.0 Å². The average Bonchev–Trinajstić information content (AvgIpc) is 2.94. The Hall–Kier alpha value is -1.40. The Bertz CT molecular complexity index is 462. The molecule has 0 spiro atoms. The van der Waals surface area contributed by atoms with Crippen molar-refractivity contribution in [2.45, 2.75) is 45.7 Å². The van der Waals surface area contributed by atoms with Crippen LogP contribution in [0.15, 0.2) is 12.4 Å². The molecule has 0 saturated carbocycles. The van der Waals surface area contributed by atoms with Gasteiger partial charge in [-0.25, -0.2) is 4.98 Å². The van der Waals surface area contributed by atoms with Crippen molar-refractivity contribution >= 4 is 5.91 Å². The van der Waals surface area contributed by atoms with E-state index in [2.05, 4.69) is 21.4 Å². The van der Waals surface area contributed by atoms with Crippen molar-refractivity contribution in [3.63, 3.8) is 0 Å². The lowest BCUT2D eigenvalue weighted by molar-refractivity contribution is -0.133. The number of aliphatic hydroxyl groups excluding tert-OH is 1. The fourth-order valence-corrected chi connectivity index (χ4v) is 3.04. The van der Waals surface area contributed by atoms with E-state index >= 15 is 0 Å². The summed E-state index contributed by atoms with van der Waals surface area (Å²) in [7, 11) is 0. The molecule has 1 aliphatic rings. The molecule has 1 N–H and O–H groups in total. The molecule has 22 heavy (non-hydrogen) atoms. The number of imidazole rings is 1. The third-order valence-electron chi connectivity index (χ3n) is 4.58. The van der Waals surface area contributed by atoms with E-state index in [9.17, 15) is 9.90 Å². The van der Waals surface area contributed by atoms with E-state index in [0.29, 0.717) is 6.42 Å². The number of aryl methyl sites for hydroxylation is 2. The molecule has 1 aliphatic heterocycles. The van der Waals surface area contributed by atoms with Crippen LogP contribution in [0.2, 0.25) is 0 Å². The van der Waals surface area contributed by atoms with Gasteiger partial charge in [-0.2, -0.15) is 0 Å². The molecule has 1 aromatic rings. The number of hydrogen-bond donors (Lipinski definition) is 1. The van der Waals surface area contributed by atoms with Gasteiger partial charge in [0, 0.05) is 57.6 Å². The Morgan fingerprint density at radius 1 is 1.36 bits per heavy atom. The summed E-state index contributed by atoms with van der Waals surface area (Å²) in [6.07, 6.45) is 6.15. The molecule has 1 amide bonds. The van der Waals surface area contributed by atoms with Crippen molar-refractivity contribution < 1.29 is 9.90 Å². The number of piperazine rings is 1. The maximum atomic E-state index is 12.3. The molecule has 1 saturated heterocycles. The van der Waals surface area contributed by atoms with Crippen molar-refractivity contribution in [2.75, 3.05) is 32.8 Å². The van der Waals surface area contributed by atoms with E-state index in [1.165, 1.54) is 0 Å². The highest BCUT2D eigenvalue weighted by Crippen LogP contribution is 2.11. The largest absolute Gasteiger partial charge is 0.395 e. The molecule has 1 unspecified atom stereocenters. The van der Waals surface area contributed by atoms with E-state index < -0.39 is 0 Å². The monoisotopic (exact) mass is 308 g/mol. The van der Waals surface area contributed by atoms with Gasteiger partial charge in [-0.1, -0.05) is 6.92 Å². The highest BCUT2D eigenvalue weighted by atomic mass is 16.3. The van der Waals surface area contributed by atoms with E-state index in [0.717, 1.165) is 51.4 Å². The van der Waals surface area contributed by atoms with Gasteiger partial charge in [0.25, 0.3) is 0 Å². The van der Waals surface area contributed by atoms with Crippen LogP contribution < -0.4 is 0 Å². The van der Waals surface area contributed by atoms with E-state index in [1.54, 1.807) is 6.20 Å². The van der Waals surface area contributed by atoms with E-state index in [4.69, 9.17) is 0 Å². The van der Waals surface area contributed by atoms with Crippen LogP contribution in [0.5, 0.6) is 0 Å². The van der Waals surface area contributed by atoms with Gasteiger partial charge in [-0.05, 0) is 19.8 Å². The summed E-state index contributed by atoms with van der Waals surface area (Å²) in [6, 6.07) is 0.237. The first kappa shape index (κ1) is 17.0. The molecule has 1 atom stereocenters. The topological polar surface area (TPSA) is 61.6 Å². The second-order valence-electron chi connectivity index (χ2n) is 5.93. The van der Waals surface area contributed by atoms with Gasteiger partial charge < -0.3 is 14.6 Å². The highest BCUT2D eigenvalue weighted by molar-refractivity contribution is 5.76. The van der Waals surface area contributed by atoms with Crippen molar-refractivity contribution in [3.8, 4) is 0 Å². The van der Waals surface area contributed by atoms with Crippen LogP contribution in [0, 0.1) is 6.92 Å². The maximum absolute atomic E-state index is 12.3. The number of rotatable bonds is 7. The first-order chi connectivity index (χ1) is 10.7. The lowest BCUT2D eigenvalue weighted by atomic mass is 10.1. The molecule has 2 heterocycles. The second kappa shape index (κ2) is 8.29. The lowest BCUT2D eigenvalue weighted by Gasteiger charge is -2.38. The molecule has 6 heteroatoms. The van der Waals surface area contributed by atoms with Crippen molar-refractivity contribution in [2.24, 2.45) is 0 Å². The van der Waals surface area contributed by atoms with Crippen LogP contribution >= 0.6 is 0 Å². The third kappa shape index (κ3) is 4.30. The van der Waals surface area contributed by atoms with Gasteiger partial charge >= 0.3 is 0 Å². The Labute approximate surface area is 132 Å². The molecule has 0 radical (unpaired) electrons. The van der Waals surface area contributed by atoms with Crippen LogP contribution in [0.1, 0.15) is 32.0 Å². The summed E-state index contributed by atoms with van der Waals surface area (Å²) >= 11 is 0. The zero-order valence-corrected chi connectivity index (χ0v) is 13.7. The quantitative estimate of drug-likeness (QED) is 0.812. The number of carbonyl (C=O) groups is 1. The summed E-state index contributed by atoms with van der Waals surface area (Å²) in [5, 5.41) is 9.35. The van der Waals surface area contributed by atoms with Gasteiger partial charge in [0.1, 0.15) is 5.82 Å². The Morgan fingerprint density at radius 2 is 2.09 bits per heavy atom. The maximum Gasteiger partial charge on any atom is 0.222 e. The normalized spacial score (nSPS) is 17.7. The predicted octanol–water partition coefficient (Wildman–Crippen LogP) is 0.887. The number of carbonyl (C=O) groups excluding carboxylic acids is 1. The lowest BCUT2D eigenvalue weighted by Crippen LogP contribution is -2.52. The minimum atomic E-state index is 0.203. The SMILES string of the molecule is CCC(CO)N1CCN(C(=O)CCCn2ccnc2C)CC1. The van der Waals surface area contributed by atoms with Gasteiger partial charge in [-0.3, -0.25) is 9.69 Å². The summed E-state index contributed by atoms with van der Waals surface area (Å²) in [5.41, 5.74) is 0. The fourth-order valence-electron chi connectivity index (χ4n) is 3.04. The van der Waals surface area contributed by atoms with Crippen molar-refractivity contribution in [3.05, 3.63) is 18.2 Å². The fraction of sp³-hybridized carbons (Fsp3) is 0.750. The number of aromatic nitrogens is 2. The van der Waals surface area contributed by atoms with Crippen molar-refractivity contribution in [1.29, 1.82) is 0 Å². The van der Waals surface area contributed by atoms with Crippen LogP contribution in [-0.2, 0) is 11.3 Å². The molecular formula is C16H28N4O2. The molecule has 1 fully saturated rings. The molecule has 124 valence electrons. The van der Waals surface area contributed by atoms with Gasteiger partial charge in [0.05, 0.1) is 6.61 Å². The van der Waals surface area contributed by atoms with Gasteiger partial charge in [0.2, 0.25) is 5.91 Å². The Morgan fingerprint density at radius 3 is 2.64 bits per heavy atom. The Balaban J connectivity index is 1.70. The number of amides is 1. The minimum Gasteiger partial charge on any atom is -0.395 e. The van der Waals surface area contributed by atoms with Crippen LogP contribution in [-0.4, -0.2) is 69.2 Å². The number of aliphatic hydroxyl groups is 1. The van der Waals surface area contributed by atoms with Crippen molar-refractivity contribution in [1.82, 2.24) is 19.4 Å². The summed E-state index contributed by atoms with van der Waals surface area (Å²) < 4.78 is 2.08. The second-order valence-corrected chi connectivity index (χ2v) is 5.93. The molecule has 0 aliphatic carbocycles. The van der Waals surface area contributed by atoms with E-state index in [-0.39, 0.29) is 18.6 Å². The first-order valence-corrected chi connectivity index (χ1v) is 8.26. The summed E-state index contributed by atoms with van der Waals surface area (Å²) in [4.78, 5) is 20.7. The minimum absolute atomic E-state index is 0.203. The first-order valence-electron chi connectivity index (χ1n) is 8.26. The zero-order valence-electron chi connectivity index (χ0n) is 13.7. The Kier molecular flexibility index (Phi) is 6.39.